The molecule has 5 heteroatoms. The summed E-state index contributed by atoms with van der Waals surface area (Å²) in [5.41, 5.74) is 1.95. The van der Waals surface area contributed by atoms with E-state index in [-0.39, 0.29) is 10.7 Å². The maximum Gasteiger partial charge on any atom is 0.253 e. The second-order valence-electron chi connectivity index (χ2n) is 7.74. The van der Waals surface area contributed by atoms with E-state index in [0.717, 1.165) is 69.1 Å². The molecule has 0 saturated carbocycles. The minimum atomic E-state index is 0.168. The van der Waals surface area contributed by atoms with Crippen molar-refractivity contribution < 1.29 is 14.3 Å². The molecule has 3 saturated heterocycles. The number of thioether (sulfide) groups is 1. The summed E-state index contributed by atoms with van der Waals surface area (Å²) in [4.78, 5) is 14.6. The van der Waals surface area contributed by atoms with E-state index < -0.39 is 0 Å². The molecule has 1 amide bonds. The van der Waals surface area contributed by atoms with Gasteiger partial charge in [-0.1, -0.05) is 17.7 Å². The first-order valence-corrected chi connectivity index (χ1v) is 10.3. The number of rotatable bonds is 4. The highest BCUT2D eigenvalue weighted by atomic mass is 32.2. The molecule has 0 unspecified atom stereocenters. The van der Waals surface area contributed by atoms with Crippen LogP contribution >= 0.6 is 11.8 Å². The summed E-state index contributed by atoms with van der Waals surface area (Å²) < 4.78 is 11.8. The number of carbonyl (C=O) groups excluding carboxylic acids is 1. The average molecular weight is 362 g/mol. The Kier molecular flexibility index (Phi) is 5.07. The number of carbonyl (C=O) groups is 1. The Morgan fingerprint density at radius 2 is 2.16 bits per heavy atom. The number of hydrogen-bond acceptors (Lipinski definition) is 4. The van der Waals surface area contributed by atoms with Gasteiger partial charge in [0.2, 0.25) is 0 Å². The minimum Gasteiger partial charge on any atom is -0.381 e. The maximum absolute atomic E-state index is 12.6. The molecule has 1 aromatic rings. The van der Waals surface area contributed by atoms with Crippen molar-refractivity contribution in [2.75, 3.05) is 38.7 Å². The van der Waals surface area contributed by atoms with Crippen LogP contribution in [0.3, 0.4) is 0 Å². The van der Waals surface area contributed by atoms with Gasteiger partial charge in [0, 0.05) is 44.2 Å². The van der Waals surface area contributed by atoms with Crippen LogP contribution in [-0.2, 0) is 9.47 Å². The number of ether oxygens (including phenoxy) is 2. The summed E-state index contributed by atoms with van der Waals surface area (Å²) in [5, 5.41) is 0. The van der Waals surface area contributed by atoms with Gasteiger partial charge in [-0.2, -0.15) is 0 Å². The summed E-state index contributed by atoms with van der Waals surface area (Å²) in [6.07, 6.45) is 3.69. The van der Waals surface area contributed by atoms with E-state index in [1.165, 1.54) is 0 Å². The average Bonchev–Trinajstić information content (AvgIpc) is 3.04. The SMILES string of the molecule is Cc1cccc(C(=O)N2CC3(C[C@H](OCC4CCOCC4)CS3)C2)c1. The number of amides is 1. The Hall–Kier alpha value is -1.04. The molecule has 4 rings (SSSR count). The van der Waals surface area contributed by atoms with E-state index in [2.05, 4.69) is 0 Å². The largest absolute Gasteiger partial charge is 0.381 e. The molecule has 3 heterocycles. The van der Waals surface area contributed by atoms with Gasteiger partial charge < -0.3 is 14.4 Å². The first kappa shape index (κ1) is 17.4. The van der Waals surface area contributed by atoms with Crippen molar-refractivity contribution in [2.24, 2.45) is 5.92 Å². The van der Waals surface area contributed by atoms with Crippen molar-refractivity contribution >= 4 is 17.7 Å². The Balaban J connectivity index is 1.25. The lowest BCUT2D eigenvalue weighted by Gasteiger charge is -2.47. The van der Waals surface area contributed by atoms with Crippen molar-refractivity contribution in [3.8, 4) is 0 Å². The third-order valence-corrected chi connectivity index (χ3v) is 7.17. The second-order valence-corrected chi connectivity index (χ2v) is 9.23. The van der Waals surface area contributed by atoms with Crippen molar-refractivity contribution in [2.45, 2.75) is 37.0 Å². The van der Waals surface area contributed by atoms with Crippen LogP contribution in [0.5, 0.6) is 0 Å². The molecule has 1 spiro atoms. The lowest BCUT2D eigenvalue weighted by Crippen LogP contribution is -2.60. The van der Waals surface area contributed by atoms with Gasteiger partial charge in [-0.3, -0.25) is 4.79 Å². The molecule has 3 fully saturated rings. The van der Waals surface area contributed by atoms with Crippen LogP contribution in [0.4, 0.5) is 0 Å². The fourth-order valence-electron chi connectivity index (χ4n) is 4.07. The molecule has 3 aliphatic rings. The van der Waals surface area contributed by atoms with Crippen LogP contribution in [0.15, 0.2) is 24.3 Å². The van der Waals surface area contributed by atoms with Crippen molar-refractivity contribution in [1.82, 2.24) is 4.90 Å². The van der Waals surface area contributed by atoms with Crippen molar-refractivity contribution in [1.29, 1.82) is 0 Å². The van der Waals surface area contributed by atoms with E-state index in [0.29, 0.717) is 12.0 Å². The van der Waals surface area contributed by atoms with Gasteiger partial charge in [-0.15, -0.1) is 11.8 Å². The van der Waals surface area contributed by atoms with E-state index in [1.54, 1.807) is 0 Å². The molecule has 25 heavy (non-hydrogen) atoms. The Bertz CT molecular complexity index is 623. The molecule has 0 aliphatic carbocycles. The highest BCUT2D eigenvalue weighted by molar-refractivity contribution is 8.01. The molecule has 0 radical (unpaired) electrons. The van der Waals surface area contributed by atoms with Crippen molar-refractivity contribution in [3.05, 3.63) is 35.4 Å². The fourth-order valence-corrected chi connectivity index (χ4v) is 5.62. The number of hydrogen-bond donors (Lipinski definition) is 0. The van der Waals surface area contributed by atoms with E-state index in [9.17, 15) is 4.79 Å². The van der Waals surface area contributed by atoms with Gasteiger partial charge in [-0.05, 0) is 44.2 Å². The molecular weight excluding hydrogens is 334 g/mol. The summed E-state index contributed by atoms with van der Waals surface area (Å²) in [6, 6.07) is 7.89. The highest BCUT2D eigenvalue weighted by Gasteiger charge is 2.51. The van der Waals surface area contributed by atoms with Gasteiger partial charge in [0.25, 0.3) is 5.91 Å². The van der Waals surface area contributed by atoms with Gasteiger partial charge >= 0.3 is 0 Å². The lowest BCUT2D eigenvalue weighted by atomic mass is 9.92. The molecule has 1 atom stereocenters. The zero-order valence-electron chi connectivity index (χ0n) is 14.9. The number of aryl methyl sites for hydroxylation is 1. The van der Waals surface area contributed by atoms with E-state index in [1.807, 2.05) is 47.9 Å². The molecule has 0 bridgehead atoms. The zero-order chi connectivity index (χ0) is 17.3. The molecule has 0 aromatic heterocycles. The van der Waals surface area contributed by atoms with Gasteiger partial charge in [0.1, 0.15) is 0 Å². The minimum absolute atomic E-state index is 0.168. The summed E-state index contributed by atoms with van der Waals surface area (Å²) >= 11 is 2.00. The smallest absolute Gasteiger partial charge is 0.253 e. The molecule has 1 aromatic carbocycles. The predicted molar refractivity (Wildman–Crippen MR) is 100 cm³/mol. The summed E-state index contributed by atoms with van der Waals surface area (Å²) in [7, 11) is 0. The topological polar surface area (TPSA) is 38.8 Å². The first-order valence-electron chi connectivity index (χ1n) is 9.33. The van der Waals surface area contributed by atoms with E-state index >= 15 is 0 Å². The van der Waals surface area contributed by atoms with Gasteiger partial charge in [-0.25, -0.2) is 0 Å². The fraction of sp³-hybridized carbons (Fsp3) is 0.650. The normalized spacial score (nSPS) is 26.0. The van der Waals surface area contributed by atoms with Crippen LogP contribution in [0, 0.1) is 12.8 Å². The zero-order valence-corrected chi connectivity index (χ0v) is 15.7. The third-order valence-electron chi connectivity index (χ3n) is 5.59. The van der Waals surface area contributed by atoms with Crippen LogP contribution in [-0.4, -0.2) is 60.3 Å². The van der Waals surface area contributed by atoms with Gasteiger partial charge in [0.15, 0.2) is 0 Å². The van der Waals surface area contributed by atoms with Gasteiger partial charge in [0.05, 0.1) is 10.9 Å². The first-order chi connectivity index (χ1) is 12.1. The monoisotopic (exact) mass is 361 g/mol. The van der Waals surface area contributed by atoms with E-state index in [4.69, 9.17) is 9.47 Å². The number of likely N-dealkylation sites (tertiary alicyclic amines) is 1. The molecular formula is C20H27NO3S. The lowest BCUT2D eigenvalue weighted by molar-refractivity contribution is -0.0118. The maximum atomic E-state index is 12.6. The van der Waals surface area contributed by atoms with Crippen molar-refractivity contribution in [3.63, 3.8) is 0 Å². The van der Waals surface area contributed by atoms with Crippen LogP contribution in [0.25, 0.3) is 0 Å². The predicted octanol–water partition coefficient (Wildman–Crippen LogP) is 3.14. The number of benzene rings is 1. The molecule has 4 nitrogen and oxygen atoms in total. The Morgan fingerprint density at radius 3 is 2.92 bits per heavy atom. The molecule has 136 valence electrons. The van der Waals surface area contributed by atoms with Crippen LogP contribution in [0.1, 0.15) is 35.2 Å². The van der Waals surface area contributed by atoms with Crippen LogP contribution in [0.2, 0.25) is 0 Å². The summed E-state index contributed by atoms with van der Waals surface area (Å²) in [6.45, 7) is 6.39. The quantitative estimate of drug-likeness (QED) is 0.826. The Morgan fingerprint density at radius 1 is 1.36 bits per heavy atom. The Labute approximate surface area is 154 Å². The summed E-state index contributed by atoms with van der Waals surface area (Å²) in [5.74, 6) is 1.90. The van der Waals surface area contributed by atoms with Crippen LogP contribution < -0.4 is 0 Å². The standard InChI is InChI=1S/C20H27NO3S/c1-15-3-2-4-17(9-15)19(22)21-13-20(14-21)10-18(12-25-20)24-11-16-5-7-23-8-6-16/h2-4,9,16,18H,5-8,10-14H2,1H3/t18-/m0/s1. The third kappa shape index (κ3) is 3.88. The molecule has 0 N–H and O–H groups in total. The second kappa shape index (κ2) is 7.29. The number of nitrogens with zero attached hydrogens (tertiary/aromatic N) is 1. The highest BCUT2D eigenvalue weighted by Crippen LogP contribution is 2.46. The molecule has 3 aliphatic heterocycles.